The molecule has 1 aromatic rings. The lowest BCUT2D eigenvalue weighted by molar-refractivity contribution is -0.134. The molecule has 0 aliphatic heterocycles. The number of carbonyl (C=O) groups excluding carboxylic acids is 1. The number of esters is 1. The third-order valence-electron chi connectivity index (χ3n) is 1.48. The Hall–Kier alpha value is -1.95. The molecule has 0 aliphatic rings. The van der Waals surface area contributed by atoms with E-state index in [9.17, 15) is 4.79 Å². The van der Waals surface area contributed by atoms with E-state index in [1.54, 1.807) is 31.4 Å². The van der Waals surface area contributed by atoms with E-state index in [0.29, 0.717) is 0 Å². The molecule has 0 saturated heterocycles. The monoisotopic (exact) mass is 190 g/mol. The molecule has 3 heteroatoms. The summed E-state index contributed by atoms with van der Waals surface area (Å²) in [4.78, 5) is 10.4. The van der Waals surface area contributed by atoms with Crippen LogP contribution in [0.15, 0.2) is 24.3 Å². The molecule has 0 bridgehead atoms. The molecule has 14 heavy (non-hydrogen) atoms. The maximum atomic E-state index is 10.4. The molecule has 0 aromatic heterocycles. The fourth-order valence-corrected chi connectivity index (χ4v) is 0.831. The zero-order valence-electron chi connectivity index (χ0n) is 8.03. The van der Waals surface area contributed by atoms with Gasteiger partial charge in [-0.05, 0) is 30.2 Å². The topological polar surface area (TPSA) is 35.5 Å². The molecule has 1 aromatic carbocycles. The number of rotatable bonds is 1. The highest BCUT2D eigenvalue weighted by atomic mass is 16.5. The first-order chi connectivity index (χ1) is 6.72. The third kappa shape index (κ3) is 3.20. The number of benzene rings is 1. The van der Waals surface area contributed by atoms with Crippen molar-refractivity contribution in [2.45, 2.75) is 6.92 Å². The Balaban J connectivity index is 2.66. The molecule has 0 aliphatic carbocycles. The van der Waals surface area contributed by atoms with Crippen molar-refractivity contribution in [3.05, 3.63) is 29.8 Å². The average Bonchev–Trinajstić information content (AvgIpc) is 2.18. The first-order valence-corrected chi connectivity index (χ1v) is 4.05. The Kier molecular flexibility index (Phi) is 3.57. The van der Waals surface area contributed by atoms with Gasteiger partial charge in [-0.3, -0.25) is 4.79 Å². The van der Waals surface area contributed by atoms with Crippen molar-refractivity contribution in [2.24, 2.45) is 0 Å². The molecule has 0 N–H and O–H groups in total. The predicted octanol–water partition coefficient (Wildman–Crippen LogP) is 1.57. The van der Waals surface area contributed by atoms with Gasteiger partial charge in [-0.15, -0.1) is 0 Å². The normalized spacial score (nSPS) is 8.43. The summed E-state index contributed by atoms with van der Waals surface area (Å²) in [5, 5.41) is 0. The molecule has 0 radical (unpaired) electrons. The Bertz CT molecular complexity index is 368. The van der Waals surface area contributed by atoms with E-state index in [1.807, 2.05) is 0 Å². The smallest absolute Gasteiger partial charge is 0.316 e. The van der Waals surface area contributed by atoms with E-state index in [2.05, 4.69) is 16.8 Å². The van der Waals surface area contributed by atoms with Gasteiger partial charge in [0.25, 0.3) is 0 Å². The fourth-order valence-electron chi connectivity index (χ4n) is 0.831. The molecule has 0 fully saturated rings. The second-order valence-corrected chi connectivity index (χ2v) is 2.55. The maximum Gasteiger partial charge on any atom is 0.316 e. The van der Waals surface area contributed by atoms with Crippen LogP contribution in [-0.2, 0) is 9.53 Å². The molecule has 72 valence electrons. The second-order valence-electron chi connectivity index (χ2n) is 2.55. The SMILES string of the molecule is COc1ccc(C#COC(C)=O)cc1. The summed E-state index contributed by atoms with van der Waals surface area (Å²) in [5.74, 6) is 3.03. The van der Waals surface area contributed by atoms with Crippen molar-refractivity contribution in [2.75, 3.05) is 7.11 Å². The van der Waals surface area contributed by atoms with Gasteiger partial charge in [0.1, 0.15) is 11.9 Å². The van der Waals surface area contributed by atoms with E-state index in [-0.39, 0.29) is 0 Å². The zero-order chi connectivity index (χ0) is 10.4. The van der Waals surface area contributed by atoms with Crippen LogP contribution in [0, 0.1) is 12.0 Å². The summed E-state index contributed by atoms with van der Waals surface area (Å²) in [6.45, 7) is 1.31. The van der Waals surface area contributed by atoms with Crippen molar-refractivity contribution in [3.63, 3.8) is 0 Å². The van der Waals surface area contributed by atoms with Crippen LogP contribution in [0.2, 0.25) is 0 Å². The van der Waals surface area contributed by atoms with Crippen LogP contribution >= 0.6 is 0 Å². The number of methoxy groups -OCH3 is 1. The molecular formula is C11H10O3. The number of ether oxygens (including phenoxy) is 2. The van der Waals surface area contributed by atoms with Gasteiger partial charge in [0.15, 0.2) is 0 Å². The van der Waals surface area contributed by atoms with Crippen LogP contribution < -0.4 is 4.74 Å². The van der Waals surface area contributed by atoms with Crippen LogP contribution in [-0.4, -0.2) is 13.1 Å². The summed E-state index contributed by atoms with van der Waals surface area (Å²) < 4.78 is 9.45. The van der Waals surface area contributed by atoms with Crippen molar-refractivity contribution in [1.29, 1.82) is 0 Å². The highest BCUT2D eigenvalue weighted by Gasteiger charge is 1.90. The van der Waals surface area contributed by atoms with Crippen LogP contribution in [0.4, 0.5) is 0 Å². The van der Waals surface area contributed by atoms with Crippen molar-refractivity contribution in [3.8, 4) is 17.8 Å². The van der Waals surface area contributed by atoms with Crippen molar-refractivity contribution in [1.82, 2.24) is 0 Å². The standard InChI is InChI=1S/C11H10O3/c1-9(12)14-8-7-10-3-5-11(13-2)6-4-10/h3-6H,1-2H3. The van der Waals surface area contributed by atoms with Gasteiger partial charge < -0.3 is 9.47 Å². The Labute approximate surface area is 82.6 Å². The maximum absolute atomic E-state index is 10.4. The minimum absolute atomic E-state index is 0.411. The summed E-state index contributed by atoms with van der Waals surface area (Å²) >= 11 is 0. The molecule has 0 saturated carbocycles. The first-order valence-electron chi connectivity index (χ1n) is 4.05. The van der Waals surface area contributed by atoms with Gasteiger partial charge in [-0.25, -0.2) is 0 Å². The largest absolute Gasteiger partial charge is 0.497 e. The highest BCUT2D eigenvalue weighted by molar-refractivity contribution is 5.67. The highest BCUT2D eigenvalue weighted by Crippen LogP contribution is 2.09. The predicted molar refractivity (Wildman–Crippen MR) is 51.6 cm³/mol. The minimum Gasteiger partial charge on any atom is -0.497 e. The quantitative estimate of drug-likeness (QED) is 0.498. The molecule has 0 atom stereocenters. The molecule has 0 amide bonds. The van der Waals surface area contributed by atoms with Gasteiger partial charge in [-0.2, -0.15) is 0 Å². The summed E-state index contributed by atoms with van der Waals surface area (Å²) in [6.07, 6.45) is 2.30. The lowest BCUT2D eigenvalue weighted by Gasteiger charge is -1.97. The molecule has 3 nitrogen and oxygen atoms in total. The zero-order valence-corrected chi connectivity index (χ0v) is 8.03. The van der Waals surface area contributed by atoms with E-state index in [4.69, 9.17) is 4.74 Å². The van der Waals surface area contributed by atoms with E-state index >= 15 is 0 Å². The van der Waals surface area contributed by atoms with Crippen LogP contribution in [0.1, 0.15) is 12.5 Å². The fraction of sp³-hybridized carbons (Fsp3) is 0.182. The van der Waals surface area contributed by atoms with Gasteiger partial charge in [0, 0.05) is 12.5 Å². The van der Waals surface area contributed by atoms with Gasteiger partial charge >= 0.3 is 5.97 Å². The Morgan fingerprint density at radius 2 is 1.93 bits per heavy atom. The lowest BCUT2D eigenvalue weighted by atomic mass is 10.2. The summed E-state index contributed by atoms with van der Waals surface area (Å²) in [7, 11) is 1.60. The second kappa shape index (κ2) is 4.93. The van der Waals surface area contributed by atoms with Crippen molar-refractivity contribution >= 4 is 5.97 Å². The van der Waals surface area contributed by atoms with Gasteiger partial charge in [-0.1, -0.05) is 0 Å². The molecule has 1 rings (SSSR count). The van der Waals surface area contributed by atoms with Gasteiger partial charge in [0.2, 0.25) is 0 Å². The lowest BCUT2D eigenvalue weighted by Crippen LogP contribution is -1.90. The Morgan fingerprint density at radius 3 is 2.43 bits per heavy atom. The van der Waals surface area contributed by atoms with E-state index in [0.717, 1.165) is 11.3 Å². The van der Waals surface area contributed by atoms with Crippen LogP contribution in [0.3, 0.4) is 0 Å². The molecule has 0 heterocycles. The number of hydrogen-bond donors (Lipinski definition) is 0. The van der Waals surface area contributed by atoms with E-state index < -0.39 is 5.97 Å². The van der Waals surface area contributed by atoms with Gasteiger partial charge in [0.05, 0.1) is 7.11 Å². The third-order valence-corrected chi connectivity index (χ3v) is 1.48. The number of carbonyl (C=O) groups is 1. The summed E-state index contributed by atoms with van der Waals surface area (Å²) in [5.41, 5.74) is 0.770. The van der Waals surface area contributed by atoms with Crippen molar-refractivity contribution < 1.29 is 14.3 Å². The molecule has 0 spiro atoms. The van der Waals surface area contributed by atoms with Crippen LogP contribution in [0.25, 0.3) is 0 Å². The van der Waals surface area contributed by atoms with E-state index in [1.165, 1.54) is 6.92 Å². The van der Waals surface area contributed by atoms with Crippen LogP contribution in [0.5, 0.6) is 5.75 Å². The summed E-state index contributed by atoms with van der Waals surface area (Å²) in [6, 6.07) is 7.15. The average molecular weight is 190 g/mol. The Morgan fingerprint density at radius 1 is 1.29 bits per heavy atom. The molecule has 0 unspecified atom stereocenters. The molecular weight excluding hydrogens is 180 g/mol. The number of hydrogen-bond acceptors (Lipinski definition) is 3. The minimum atomic E-state index is -0.411. The first kappa shape index (κ1) is 10.1.